The SMILES string of the molecule is CCc1cc(C(=O)N2CCCC[C@@H]2c2cccnc2)on1. The van der Waals surface area contributed by atoms with Crippen molar-refractivity contribution in [3.8, 4) is 0 Å². The summed E-state index contributed by atoms with van der Waals surface area (Å²) in [5.74, 6) is 0.262. The zero-order valence-electron chi connectivity index (χ0n) is 12.2. The summed E-state index contributed by atoms with van der Waals surface area (Å²) in [5.41, 5.74) is 1.90. The predicted molar refractivity (Wildman–Crippen MR) is 77.7 cm³/mol. The van der Waals surface area contributed by atoms with Gasteiger partial charge >= 0.3 is 0 Å². The third-order valence-electron chi connectivity index (χ3n) is 3.96. The minimum absolute atomic E-state index is 0.0734. The number of hydrogen-bond acceptors (Lipinski definition) is 4. The first-order valence-corrected chi connectivity index (χ1v) is 7.46. The van der Waals surface area contributed by atoms with Gasteiger partial charge in [-0.2, -0.15) is 0 Å². The average Bonchev–Trinajstić information content (AvgIpc) is 3.04. The van der Waals surface area contributed by atoms with Gasteiger partial charge in [-0.3, -0.25) is 9.78 Å². The van der Waals surface area contributed by atoms with Gasteiger partial charge in [0.2, 0.25) is 5.76 Å². The van der Waals surface area contributed by atoms with Crippen LogP contribution in [0, 0.1) is 0 Å². The number of carbonyl (C=O) groups is 1. The maximum atomic E-state index is 12.7. The lowest BCUT2D eigenvalue weighted by atomic mass is 9.96. The van der Waals surface area contributed by atoms with E-state index in [-0.39, 0.29) is 11.9 Å². The van der Waals surface area contributed by atoms with Crippen molar-refractivity contribution in [2.75, 3.05) is 6.54 Å². The van der Waals surface area contributed by atoms with Crippen molar-refractivity contribution >= 4 is 5.91 Å². The van der Waals surface area contributed by atoms with E-state index in [2.05, 4.69) is 10.1 Å². The van der Waals surface area contributed by atoms with Gasteiger partial charge in [0, 0.05) is 25.0 Å². The fraction of sp³-hybridized carbons (Fsp3) is 0.438. The van der Waals surface area contributed by atoms with Crippen molar-refractivity contribution in [1.29, 1.82) is 0 Å². The van der Waals surface area contributed by atoms with E-state index in [9.17, 15) is 4.79 Å². The molecule has 21 heavy (non-hydrogen) atoms. The van der Waals surface area contributed by atoms with Gasteiger partial charge in [0.25, 0.3) is 5.91 Å². The Balaban J connectivity index is 1.85. The first kappa shape index (κ1) is 13.8. The minimum Gasteiger partial charge on any atom is -0.351 e. The molecule has 1 aliphatic heterocycles. The van der Waals surface area contributed by atoms with Crippen LogP contribution < -0.4 is 0 Å². The Morgan fingerprint density at radius 2 is 2.38 bits per heavy atom. The molecule has 2 aromatic rings. The zero-order valence-corrected chi connectivity index (χ0v) is 12.2. The lowest BCUT2D eigenvalue weighted by molar-refractivity contribution is 0.0569. The zero-order chi connectivity index (χ0) is 14.7. The highest BCUT2D eigenvalue weighted by atomic mass is 16.5. The summed E-state index contributed by atoms with van der Waals surface area (Å²) in [5, 5.41) is 3.91. The molecular formula is C16H19N3O2. The molecule has 0 N–H and O–H groups in total. The van der Waals surface area contributed by atoms with Crippen LogP contribution in [0.1, 0.15) is 54.0 Å². The molecule has 5 nitrogen and oxygen atoms in total. The number of hydrogen-bond donors (Lipinski definition) is 0. The van der Waals surface area contributed by atoms with E-state index in [0.29, 0.717) is 5.76 Å². The van der Waals surface area contributed by atoms with Crippen LogP contribution in [0.15, 0.2) is 35.1 Å². The van der Waals surface area contributed by atoms with Gasteiger partial charge in [-0.05, 0) is 37.3 Å². The molecular weight excluding hydrogens is 266 g/mol. The molecule has 0 aliphatic carbocycles. The normalized spacial score (nSPS) is 18.7. The number of likely N-dealkylation sites (tertiary alicyclic amines) is 1. The Labute approximate surface area is 124 Å². The Morgan fingerprint density at radius 3 is 3.10 bits per heavy atom. The van der Waals surface area contributed by atoms with Crippen LogP contribution >= 0.6 is 0 Å². The first-order chi connectivity index (χ1) is 10.3. The highest BCUT2D eigenvalue weighted by Gasteiger charge is 2.30. The number of aryl methyl sites for hydroxylation is 1. The smallest absolute Gasteiger partial charge is 0.292 e. The molecule has 0 unspecified atom stereocenters. The van der Waals surface area contributed by atoms with Crippen LogP contribution in [-0.4, -0.2) is 27.5 Å². The first-order valence-electron chi connectivity index (χ1n) is 7.46. The number of rotatable bonds is 3. The van der Waals surface area contributed by atoms with Crippen LogP contribution in [0.3, 0.4) is 0 Å². The van der Waals surface area contributed by atoms with Crippen LogP contribution in [0.2, 0.25) is 0 Å². The van der Waals surface area contributed by atoms with Gasteiger partial charge in [0.15, 0.2) is 0 Å². The Kier molecular flexibility index (Phi) is 3.99. The third kappa shape index (κ3) is 2.82. The maximum Gasteiger partial charge on any atom is 0.292 e. The standard InChI is InChI=1S/C16H19N3O2/c1-2-13-10-15(21-18-13)16(20)19-9-4-3-7-14(19)12-6-5-8-17-11-12/h5-6,8,10-11,14H,2-4,7,9H2,1H3/t14-/m1/s1. The number of pyridine rings is 1. The summed E-state index contributed by atoms with van der Waals surface area (Å²) in [6.07, 6.45) is 7.48. The lowest BCUT2D eigenvalue weighted by Gasteiger charge is -2.35. The van der Waals surface area contributed by atoms with Crippen molar-refractivity contribution in [1.82, 2.24) is 15.0 Å². The fourth-order valence-corrected chi connectivity index (χ4v) is 2.82. The number of nitrogens with zero attached hydrogens (tertiary/aromatic N) is 3. The van der Waals surface area contributed by atoms with E-state index >= 15 is 0 Å². The molecule has 1 aliphatic rings. The van der Waals surface area contributed by atoms with E-state index in [0.717, 1.165) is 43.5 Å². The van der Waals surface area contributed by atoms with Crippen molar-refractivity contribution in [3.63, 3.8) is 0 Å². The summed E-state index contributed by atoms with van der Waals surface area (Å²) in [6.45, 7) is 2.74. The van der Waals surface area contributed by atoms with Gasteiger partial charge < -0.3 is 9.42 Å². The van der Waals surface area contributed by atoms with Gasteiger partial charge in [-0.25, -0.2) is 0 Å². The fourth-order valence-electron chi connectivity index (χ4n) is 2.82. The summed E-state index contributed by atoms with van der Waals surface area (Å²) in [7, 11) is 0. The third-order valence-corrected chi connectivity index (χ3v) is 3.96. The number of piperidine rings is 1. The van der Waals surface area contributed by atoms with Crippen molar-refractivity contribution in [2.24, 2.45) is 0 Å². The molecule has 2 aromatic heterocycles. The second-order valence-electron chi connectivity index (χ2n) is 5.33. The van der Waals surface area contributed by atoms with Crippen LogP contribution in [0.25, 0.3) is 0 Å². The van der Waals surface area contributed by atoms with E-state index < -0.39 is 0 Å². The summed E-state index contributed by atoms with van der Waals surface area (Å²) < 4.78 is 5.20. The van der Waals surface area contributed by atoms with E-state index in [1.165, 1.54) is 0 Å². The number of aromatic nitrogens is 2. The van der Waals surface area contributed by atoms with Gasteiger partial charge in [0.1, 0.15) is 0 Å². The summed E-state index contributed by atoms with van der Waals surface area (Å²) in [6, 6.07) is 5.77. The molecule has 3 rings (SSSR count). The highest BCUT2D eigenvalue weighted by molar-refractivity contribution is 5.91. The average molecular weight is 285 g/mol. The molecule has 110 valence electrons. The molecule has 5 heteroatoms. The lowest BCUT2D eigenvalue weighted by Crippen LogP contribution is -2.38. The predicted octanol–water partition coefficient (Wildman–Crippen LogP) is 3.00. The van der Waals surface area contributed by atoms with Gasteiger partial charge in [-0.15, -0.1) is 0 Å². The molecule has 3 heterocycles. The Bertz CT molecular complexity index is 609. The minimum atomic E-state index is -0.0734. The molecule has 1 saturated heterocycles. The van der Waals surface area contributed by atoms with Crippen molar-refractivity contribution in [2.45, 2.75) is 38.6 Å². The van der Waals surface area contributed by atoms with Crippen LogP contribution in [-0.2, 0) is 6.42 Å². The second-order valence-corrected chi connectivity index (χ2v) is 5.33. The monoisotopic (exact) mass is 285 g/mol. The molecule has 1 amide bonds. The second kappa shape index (κ2) is 6.08. The van der Waals surface area contributed by atoms with E-state index in [1.54, 1.807) is 12.3 Å². The van der Waals surface area contributed by atoms with Crippen molar-refractivity contribution < 1.29 is 9.32 Å². The number of carbonyl (C=O) groups excluding carboxylic acids is 1. The molecule has 1 fully saturated rings. The molecule has 0 saturated carbocycles. The molecule has 0 aromatic carbocycles. The maximum absolute atomic E-state index is 12.7. The highest BCUT2D eigenvalue weighted by Crippen LogP contribution is 2.31. The Morgan fingerprint density at radius 1 is 1.48 bits per heavy atom. The van der Waals surface area contributed by atoms with Gasteiger partial charge in [0.05, 0.1) is 11.7 Å². The van der Waals surface area contributed by atoms with Gasteiger partial charge in [-0.1, -0.05) is 18.1 Å². The molecule has 1 atom stereocenters. The molecule has 0 radical (unpaired) electrons. The molecule has 0 bridgehead atoms. The van der Waals surface area contributed by atoms with Crippen LogP contribution in [0.5, 0.6) is 0 Å². The van der Waals surface area contributed by atoms with Crippen LogP contribution in [0.4, 0.5) is 0 Å². The largest absolute Gasteiger partial charge is 0.351 e. The quantitative estimate of drug-likeness (QED) is 0.869. The van der Waals surface area contributed by atoms with Crippen molar-refractivity contribution in [3.05, 3.63) is 47.6 Å². The van der Waals surface area contributed by atoms with E-state index in [4.69, 9.17) is 4.52 Å². The number of amides is 1. The summed E-state index contributed by atoms with van der Waals surface area (Å²) >= 11 is 0. The summed E-state index contributed by atoms with van der Waals surface area (Å²) in [4.78, 5) is 18.7. The molecule has 0 spiro atoms. The topological polar surface area (TPSA) is 59.2 Å². The Hall–Kier alpha value is -2.17. The van der Waals surface area contributed by atoms with E-state index in [1.807, 2.05) is 30.2 Å².